The van der Waals surface area contributed by atoms with Crippen molar-refractivity contribution in [3.8, 4) is 0 Å². The molecule has 1 heterocycles. The maximum atomic E-state index is 3.33. The van der Waals surface area contributed by atoms with E-state index in [1.165, 1.54) is 22.6 Å². The van der Waals surface area contributed by atoms with Crippen molar-refractivity contribution < 1.29 is 0 Å². The first-order chi connectivity index (χ1) is 7.20. The quantitative estimate of drug-likeness (QED) is 0.841. The van der Waals surface area contributed by atoms with Crippen LogP contribution in [0.4, 0.5) is 0 Å². The predicted molar refractivity (Wildman–Crippen MR) is 67.8 cm³/mol. The number of hydrogen-bond acceptors (Lipinski definition) is 2. The molecule has 15 heavy (non-hydrogen) atoms. The number of benzene rings is 1. The van der Waals surface area contributed by atoms with Gasteiger partial charge in [0.25, 0.3) is 0 Å². The smallest absolute Gasteiger partial charge is 0.0108 e. The van der Waals surface area contributed by atoms with Gasteiger partial charge in [0.2, 0.25) is 0 Å². The van der Waals surface area contributed by atoms with E-state index < -0.39 is 0 Å². The van der Waals surface area contributed by atoms with Crippen LogP contribution in [0.25, 0.3) is 0 Å². The molecule has 1 N–H and O–H groups in total. The van der Waals surface area contributed by atoms with Gasteiger partial charge in [-0.05, 0) is 44.9 Å². The molecule has 1 nitrogen and oxygen atoms in total. The Kier molecular flexibility index (Phi) is 3.37. The fourth-order valence-corrected chi connectivity index (χ4v) is 3.39. The van der Waals surface area contributed by atoms with Gasteiger partial charge in [-0.2, -0.15) is 0 Å². The summed E-state index contributed by atoms with van der Waals surface area (Å²) in [7, 11) is 2.05. The highest BCUT2D eigenvalue weighted by atomic mass is 32.2. The van der Waals surface area contributed by atoms with Crippen molar-refractivity contribution in [2.45, 2.75) is 37.1 Å². The minimum Gasteiger partial charge on any atom is -0.317 e. The van der Waals surface area contributed by atoms with Crippen LogP contribution in [0.3, 0.4) is 0 Å². The molecule has 1 aromatic carbocycles. The molecule has 1 aliphatic heterocycles. The van der Waals surface area contributed by atoms with E-state index >= 15 is 0 Å². The summed E-state index contributed by atoms with van der Waals surface area (Å²) in [4.78, 5) is 1.49. The molecule has 0 aliphatic carbocycles. The highest BCUT2D eigenvalue weighted by Gasteiger charge is 2.24. The van der Waals surface area contributed by atoms with Crippen LogP contribution in [0.15, 0.2) is 23.1 Å². The summed E-state index contributed by atoms with van der Waals surface area (Å²) in [6, 6.07) is 7.47. The maximum Gasteiger partial charge on any atom is 0.0108 e. The van der Waals surface area contributed by atoms with Crippen molar-refractivity contribution in [1.82, 2.24) is 5.32 Å². The van der Waals surface area contributed by atoms with Gasteiger partial charge in [-0.3, -0.25) is 0 Å². The zero-order valence-corrected chi connectivity index (χ0v) is 10.5. The van der Waals surface area contributed by atoms with E-state index in [0.29, 0.717) is 6.04 Å². The van der Waals surface area contributed by atoms with Crippen LogP contribution in [0.1, 0.15) is 30.4 Å². The summed E-state index contributed by atoms with van der Waals surface area (Å²) in [6.45, 7) is 4.44. The Hall–Kier alpha value is -0.470. The largest absolute Gasteiger partial charge is 0.317 e. The lowest BCUT2D eigenvalue weighted by atomic mass is 9.93. The standard InChI is InChI=1S/C13H19NS/c1-9-4-5-13-12(6-9)11(8-15-13)7-10(2)14-3/h4-6,10-11,14H,7-8H2,1-3H3. The molecule has 1 aromatic rings. The van der Waals surface area contributed by atoms with Gasteiger partial charge in [0.15, 0.2) is 0 Å². The van der Waals surface area contributed by atoms with Gasteiger partial charge in [0.05, 0.1) is 0 Å². The molecule has 0 fully saturated rings. The number of fused-ring (bicyclic) bond motifs is 1. The van der Waals surface area contributed by atoms with Gasteiger partial charge in [0.1, 0.15) is 0 Å². The molecule has 82 valence electrons. The van der Waals surface area contributed by atoms with E-state index in [4.69, 9.17) is 0 Å². The van der Waals surface area contributed by atoms with Crippen molar-refractivity contribution in [3.63, 3.8) is 0 Å². The molecule has 1 aliphatic rings. The van der Waals surface area contributed by atoms with E-state index in [0.717, 1.165) is 5.92 Å². The van der Waals surface area contributed by atoms with Crippen LogP contribution in [0.2, 0.25) is 0 Å². The van der Waals surface area contributed by atoms with E-state index in [9.17, 15) is 0 Å². The lowest BCUT2D eigenvalue weighted by Gasteiger charge is -2.16. The second-order valence-electron chi connectivity index (χ2n) is 4.47. The van der Waals surface area contributed by atoms with Crippen LogP contribution in [-0.4, -0.2) is 18.8 Å². The average Bonchev–Trinajstić information content (AvgIpc) is 2.61. The number of aryl methyl sites for hydroxylation is 1. The van der Waals surface area contributed by atoms with Crippen LogP contribution in [-0.2, 0) is 0 Å². The molecule has 0 aromatic heterocycles. The summed E-state index contributed by atoms with van der Waals surface area (Å²) in [5, 5.41) is 3.33. The molecular weight excluding hydrogens is 202 g/mol. The first kappa shape index (κ1) is 11.0. The Labute approximate surface area is 96.7 Å². The molecule has 0 saturated heterocycles. The Morgan fingerprint density at radius 2 is 2.33 bits per heavy atom. The summed E-state index contributed by atoms with van der Waals surface area (Å²) in [5.74, 6) is 2.00. The summed E-state index contributed by atoms with van der Waals surface area (Å²) >= 11 is 2.01. The second-order valence-corrected chi connectivity index (χ2v) is 5.54. The Morgan fingerprint density at radius 1 is 1.53 bits per heavy atom. The minimum absolute atomic E-state index is 0.613. The Morgan fingerprint density at radius 3 is 3.07 bits per heavy atom. The third kappa shape index (κ3) is 2.37. The number of rotatable bonds is 3. The summed E-state index contributed by atoms with van der Waals surface area (Å²) in [6.07, 6.45) is 1.25. The molecule has 0 saturated carbocycles. The normalized spacial score (nSPS) is 21.4. The molecular formula is C13H19NS. The van der Waals surface area contributed by atoms with Crippen molar-refractivity contribution in [3.05, 3.63) is 29.3 Å². The number of thioether (sulfide) groups is 1. The minimum atomic E-state index is 0.613. The van der Waals surface area contributed by atoms with E-state index in [2.05, 4.69) is 37.4 Å². The lowest BCUT2D eigenvalue weighted by molar-refractivity contribution is 0.520. The zero-order valence-electron chi connectivity index (χ0n) is 9.71. The van der Waals surface area contributed by atoms with E-state index in [1.54, 1.807) is 5.56 Å². The molecule has 2 unspecified atom stereocenters. The third-order valence-electron chi connectivity index (χ3n) is 3.18. The maximum absolute atomic E-state index is 3.33. The van der Waals surface area contributed by atoms with Gasteiger partial charge in [-0.15, -0.1) is 11.8 Å². The second kappa shape index (κ2) is 4.58. The SMILES string of the molecule is CNC(C)CC1CSc2ccc(C)cc21. The van der Waals surface area contributed by atoms with Crippen molar-refractivity contribution in [2.24, 2.45) is 0 Å². The Balaban J connectivity index is 2.16. The van der Waals surface area contributed by atoms with Gasteiger partial charge >= 0.3 is 0 Å². The molecule has 2 atom stereocenters. The fraction of sp³-hybridized carbons (Fsp3) is 0.538. The van der Waals surface area contributed by atoms with Crippen LogP contribution < -0.4 is 5.32 Å². The fourth-order valence-electron chi connectivity index (χ4n) is 2.14. The molecule has 0 spiro atoms. The van der Waals surface area contributed by atoms with Gasteiger partial charge in [-0.1, -0.05) is 17.7 Å². The molecule has 2 rings (SSSR count). The van der Waals surface area contributed by atoms with Gasteiger partial charge in [0, 0.05) is 16.7 Å². The zero-order chi connectivity index (χ0) is 10.8. The van der Waals surface area contributed by atoms with E-state index in [1.807, 2.05) is 18.8 Å². The molecule has 0 amide bonds. The average molecular weight is 221 g/mol. The number of hydrogen-bond donors (Lipinski definition) is 1. The number of nitrogens with one attached hydrogen (secondary N) is 1. The van der Waals surface area contributed by atoms with Gasteiger partial charge in [-0.25, -0.2) is 0 Å². The van der Waals surface area contributed by atoms with Crippen molar-refractivity contribution in [2.75, 3.05) is 12.8 Å². The van der Waals surface area contributed by atoms with Crippen LogP contribution in [0.5, 0.6) is 0 Å². The highest BCUT2D eigenvalue weighted by molar-refractivity contribution is 7.99. The van der Waals surface area contributed by atoms with Crippen molar-refractivity contribution in [1.29, 1.82) is 0 Å². The van der Waals surface area contributed by atoms with Gasteiger partial charge < -0.3 is 5.32 Å². The highest BCUT2D eigenvalue weighted by Crippen LogP contribution is 2.41. The summed E-state index contributed by atoms with van der Waals surface area (Å²) < 4.78 is 0. The monoisotopic (exact) mass is 221 g/mol. The topological polar surface area (TPSA) is 12.0 Å². The summed E-state index contributed by atoms with van der Waals surface area (Å²) in [5.41, 5.74) is 2.96. The first-order valence-electron chi connectivity index (χ1n) is 5.61. The lowest BCUT2D eigenvalue weighted by Crippen LogP contribution is -2.23. The predicted octanol–water partition coefficient (Wildman–Crippen LogP) is 3.18. The third-order valence-corrected chi connectivity index (χ3v) is 4.43. The van der Waals surface area contributed by atoms with Crippen LogP contribution in [0, 0.1) is 6.92 Å². The van der Waals surface area contributed by atoms with Crippen molar-refractivity contribution >= 4 is 11.8 Å². The van der Waals surface area contributed by atoms with Crippen LogP contribution >= 0.6 is 11.8 Å². The molecule has 0 bridgehead atoms. The first-order valence-corrected chi connectivity index (χ1v) is 6.60. The molecule has 2 heteroatoms. The Bertz CT molecular complexity index is 348. The molecule has 0 radical (unpaired) electrons. The van der Waals surface area contributed by atoms with E-state index in [-0.39, 0.29) is 0 Å².